The van der Waals surface area contributed by atoms with Crippen LogP contribution in [0.1, 0.15) is 11.6 Å². The van der Waals surface area contributed by atoms with Gasteiger partial charge in [-0.2, -0.15) is 0 Å². The van der Waals surface area contributed by atoms with Crippen LogP contribution in [0.4, 0.5) is 0 Å². The molecule has 0 radical (unpaired) electrons. The molecule has 1 aliphatic rings. The second-order valence-electron chi connectivity index (χ2n) is 4.34. The second-order valence-corrected chi connectivity index (χ2v) is 4.34. The third-order valence-corrected chi connectivity index (χ3v) is 3.12. The first-order valence-electron chi connectivity index (χ1n) is 6.19. The second kappa shape index (κ2) is 8.34. The fourth-order valence-corrected chi connectivity index (χ4v) is 2.19. The number of hydrogen-bond donors (Lipinski definition) is 2. The molecule has 4 N–H and O–H groups in total. The number of rotatable bonds is 4. The normalized spacial score (nSPS) is 17.3. The molecule has 1 heterocycles. The summed E-state index contributed by atoms with van der Waals surface area (Å²) in [4.78, 5) is 6.53. The Balaban J connectivity index is 0.00000180. The van der Waals surface area contributed by atoms with Gasteiger partial charge in [-0.15, -0.1) is 24.0 Å². The van der Waals surface area contributed by atoms with Crippen molar-refractivity contribution in [3.05, 3.63) is 35.9 Å². The van der Waals surface area contributed by atoms with Crippen molar-refractivity contribution in [1.82, 2.24) is 4.90 Å². The summed E-state index contributed by atoms with van der Waals surface area (Å²) in [5.41, 5.74) is 12.1. The quantitative estimate of drug-likeness (QED) is 0.466. The number of nitrogens with two attached hydrogens (primary N) is 2. The fourth-order valence-electron chi connectivity index (χ4n) is 2.19. The van der Waals surface area contributed by atoms with Crippen LogP contribution < -0.4 is 11.5 Å². The average Bonchev–Trinajstić information content (AvgIpc) is 2.41. The smallest absolute Gasteiger partial charge is 0.185 e. The molecule has 1 atom stereocenters. The summed E-state index contributed by atoms with van der Waals surface area (Å²) >= 11 is 0. The molecule has 6 heteroatoms. The molecule has 0 bridgehead atoms. The van der Waals surface area contributed by atoms with Gasteiger partial charge in [0.1, 0.15) is 0 Å². The van der Waals surface area contributed by atoms with E-state index in [-0.39, 0.29) is 36.0 Å². The number of aliphatic imine (C=N–C) groups is 1. The van der Waals surface area contributed by atoms with Crippen molar-refractivity contribution in [1.29, 1.82) is 0 Å². The number of nitrogens with zero attached hydrogens (tertiary/aromatic N) is 2. The molecule has 0 aliphatic carbocycles. The summed E-state index contributed by atoms with van der Waals surface area (Å²) in [5, 5.41) is 0. The van der Waals surface area contributed by atoms with E-state index in [1.54, 1.807) is 0 Å². The summed E-state index contributed by atoms with van der Waals surface area (Å²) in [6.07, 6.45) is 0. The van der Waals surface area contributed by atoms with Gasteiger partial charge in [-0.05, 0) is 5.56 Å². The Kier molecular flexibility index (Phi) is 7.11. The summed E-state index contributed by atoms with van der Waals surface area (Å²) in [5.74, 6) is 0.143. The van der Waals surface area contributed by atoms with E-state index in [9.17, 15) is 0 Å². The third kappa shape index (κ3) is 4.96. The van der Waals surface area contributed by atoms with E-state index >= 15 is 0 Å². The molecule has 0 aromatic heterocycles. The van der Waals surface area contributed by atoms with Crippen molar-refractivity contribution in [2.75, 3.05) is 32.8 Å². The Hall–Kier alpha value is -0.860. The maximum absolute atomic E-state index is 5.43. The number of halogens is 1. The summed E-state index contributed by atoms with van der Waals surface area (Å²) < 4.78 is 5.38. The number of guanidine groups is 1. The van der Waals surface area contributed by atoms with E-state index in [4.69, 9.17) is 16.2 Å². The molecule has 0 amide bonds. The van der Waals surface area contributed by atoms with Crippen molar-refractivity contribution in [3.63, 3.8) is 0 Å². The average molecular weight is 376 g/mol. The van der Waals surface area contributed by atoms with Crippen LogP contribution in [-0.4, -0.2) is 43.7 Å². The van der Waals surface area contributed by atoms with Crippen molar-refractivity contribution < 1.29 is 4.74 Å². The largest absolute Gasteiger partial charge is 0.379 e. The predicted octanol–water partition coefficient (Wildman–Crippen LogP) is 0.951. The molecule has 5 nitrogen and oxygen atoms in total. The standard InChI is InChI=1S/C13H20N4O.HI/c14-13(15)16-10-12(11-4-2-1-3-5-11)17-6-8-18-9-7-17;/h1-5,12H,6-10H2,(H4,14,15,16);1H. The van der Waals surface area contributed by atoms with Crippen LogP contribution in [0.15, 0.2) is 35.3 Å². The van der Waals surface area contributed by atoms with Gasteiger partial charge in [0.15, 0.2) is 5.96 Å². The van der Waals surface area contributed by atoms with Crippen molar-refractivity contribution in [2.45, 2.75) is 6.04 Å². The monoisotopic (exact) mass is 376 g/mol. The first-order chi connectivity index (χ1) is 8.77. The first-order valence-corrected chi connectivity index (χ1v) is 6.19. The van der Waals surface area contributed by atoms with E-state index in [0.717, 1.165) is 26.3 Å². The van der Waals surface area contributed by atoms with Gasteiger partial charge in [0.2, 0.25) is 0 Å². The Morgan fingerprint density at radius 2 is 1.84 bits per heavy atom. The molecule has 1 aromatic rings. The Bertz CT molecular complexity index is 389. The zero-order valence-corrected chi connectivity index (χ0v) is 13.2. The lowest BCUT2D eigenvalue weighted by atomic mass is 10.1. The molecule has 0 spiro atoms. The minimum atomic E-state index is 0. The highest BCUT2D eigenvalue weighted by Crippen LogP contribution is 2.21. The third-order valence-electron chi connectivity index (χ3n) is 3.12. The Labute approximate surface area is 131 Å². The Morgan fingerprint density at radius 3 is 2.42 bits per heavy atom. The van der Waals surface area contributed by atoms with Crippen LogP contribution in [0.2, 0.25) is 0 Å². The molecule has 1 aliphatic heterocycles. The maximum Gasteiger partial charge on any atom is 0.185 e. The first kappa shape index (κ1) is 16.2. The highest BCUT2D eigenvalue weighted by molar-refractivity contribution is 14.0. The van der Waals surface area contributed by atoms with E-state index in [1.807, 2.05) is 18.2 Å². The lowest BCUT2D eigenvalue weighted by Crippen LogP contribution is -2.40. The molecule has 1 saturated heterocycles. The minimum Gasteiger partial charge on any atom is -0.379 e. The SMILES string of the molecule is I.NC(N)=NCC(c1ccccc1)N1CCOCC1. The molecular weight excluding hydrogens is 355 g/mol. The van der Waals surface area contributed by atoms with Crippen LogP contribution in [0.3, 0.4) is 0 Å². The van der Waals surface area contributed by atoms with E-state index in [2.05, 4.69) is 22.0 Å². The van der Waals surface area contributed by atoms with Crippen molar-refractivity contribution in [3.8, 4) is 0 Å². The summed E-state index contributed by atoms with van der Waals surface area (Å²) in [7, 11) is 0. The van der Waals surface area contributed by atoms with Gasteiger partial charge in [0.05, 0.1) is 25.8 Å². The summed E-state index contributed by atoms with van der Waals surface area (Å²) in [6, 6.07) is 10.5. The molecule has 106 valence electrons. The molecule has 1 fully saturated rings. The molecule has 1 aromatic carbocycles. The highest BCUT2D eigenvalue weighted by atomic mass is 127. The van der Waals surface area contributed by atoms with Gasteiger partial charge >= 0.3 is 0 Å². The molecular formula is C13H21IN4O. The lowest BCUT2D eigenvalue weighted by Gasteiger charge is -2.34. The van der Waals surface area contributed by atoms with Gasteiger partial charge in [0.25, 0.3) is 0 Å². The summed E-state index contributed by atoms with van der Waals surface area (Å²) in [6.45, 7) is 3.96. The van der Waals surface area contributed by atoms with Crippen molar-refractivity contribution >= 4 is 29.9 Å². The van der Waals surface area contributed by atoms with E-state index in [0.29, 0.717) is 6.54 Å². The van der Waals surface area contributed by atoms with Crippen LogP contribution in [-0.2, 0) is 4.74 Å². The highest BCUT2D eigenvalue weighted by Gasteiger charge is 2.22. The molecule has 1 unspecified atom stereocenters. The predicted molar refractivity (Wildman–Crippen MR) is 87.7 cm³/mol. The van der Waals surface area contributed by atoms with Gasteiger partial charge in [-0.3, -0.25) is 9.89 Å². The zero-order valence-electron chi connectivity index (χ0n) is 10.9. The van der Waals surface area contributed by atoms with Gasteiger partial charge < -0.3 is 16.2 Å². The van der Waals surface area contributed by atoms with Gasteiger partial charge in [-0.25, -0.2) is 0 Å². The van der Waals surface area contributed by atoms with Crippen molar-refractivity contribution in [2.24, 2.45) is 16.5 Å². The van der Waals surface area contributed by atoms with Crippen LogP contribution in [0, 0.1) is 0 Å². The molecule has 0 saturated carbocycles. The lowest BCUT2D eigenvalue weighted by molar-refractivity contribution is 0.0180. The van der Waals surface area contributed by atoms with Gasteiger partial charge in [-0.1, -0.05) is 30.3 Å². The van der Waals surface area contributed by atoms with E-state index < -0.39 is 0 Å². The number of hydrogen-bond acceptors (Lipinski definition) is 3. The number of morpholine rings is 1. The van der Waals surface area contributed by atoms with Crippen LogP contribution in [0.25, 0.3) is 0 Å². The number of ether oxygens (including phenoxy) is 1. The number of benzene rings is 1. The van der Waals surface area contributed by atoms with Gasteiger partial charge in [0, 0.05) is 13.1 Å². The van der Waals surface area contributed by atoms with Crippen LogP contribution >= 0.6 is 24.0 Å². The van der Waals surface area contributed by atoms with Crippen LogP contribution in [0.5, 0.6) is 0 Å². The fraction of sp³-hybridized carbons (Fsp3) is 0.462. The Morgan fingerprint density at radius 1 is 1.21 bits per heavy atom. The molecule has 19 heavy (non-hydrogen) atoms. The molecule has 2 rings (SSSR count). The zero-order chi connectivity index (χ0) is 12.8. The topological polar surface area (TPSA) is 76.9 Å². The minimum absolute atomic E-state index is 0. The van der Waals surface area contributed by atoms with E-state index in [1.165, 1.54) is 5.56 Å². The maximum atomic E-state index is 5.43.